The summed E-state index contributed by atoms with van der Waals surface area (Å²) in [7, 11) is 0. The maximum Gasteiger partial charge on any atom is 0.158 e. The fourth-order valence-electron chi connectivity index (χ4n) is 3.08. The zero-order valence-corrected chi connectivity index (χ0v) is 14.6. The third kappa shape index (κ3) is 3.95. The first-order valence-corrected chi connectivity index (χ1v) is 7.77. The van der Waals surface area contributed by atoms with E-state index in [9.17, 15) is 5.11 Å². The first-order valence-electron chi connectivity index (χ1n) is 7.77. The Morgan fingerprint density at radius 1 is 0.895 bits per heavy atom. The highest BCUT2D eigenvalue weighted by Gasteiger charge is 2.50. The van der Waals surface area contributed by atoms with E-state index in [-0.39, 0.29) is 22.2 Å². The number of aliphatic hydroxyl groups excluding tert-OH is 1. The molecule has 0 amide bonds. The molecule has 0 aliphatic heterocycles. The van der Waals surface area contributed by atoms with Gasteiger partial charge >= 0.3 is 0 Å². The van der Waals surface area contributed by atoms with E-state index in [1.807, 2.05) is 6.92 Å². The van der Waals surface area contributed by atoms with Crippen molar-refractivity contribution in [3.63, 3.8) is 0 Å². The number of hydrogen-bond donors (Lipinski definition) is 1. The third-order valence-electron chi connectivity index (χ3n) is 5.78. The van der Waals surface area contributed by atoms with Crippen LogP contribution in [0.15, 0.2) is 0 Å². The zero-order valence-electron chi connectivity index (χ0n) is 14.6. The van der Waals surface area contributed by atoms with E-state index in [2.05, 4.69) is 55.4 Å². The minimum Gasteiger partial charge on any atom is -0.368 e. The van der Waals surface area contributed by atoms with Crippen LogP contribution in [0.2, 0.25) is 0 Å². The summed E-state index contributed by atoms with van der Waals surface area (Å²) < 4.78 is 5.57. The SMILES string of the molecule is CCOC(O)C(C(C)(C)CC)C(C)(C)C(C)(C)CC. The molecule has 0 saturated heterocycles. The van der Waals surface area contributed by atoms with E-state index >= 15 is 0 Å². The van der Waals surface area contributed by atoms with Crippen LogP contribution in [0.3, 0.4) is 0 Å². The van der Waals surface area contributed by atoms with Gasteiger partial charge < -0.3 is 9.84 Å². The standard InChI is InChI=1S/C17H36O2/c1-10-15(4,5)13(14(18)19-12-3)17(8,9)16(6,7)11-2/h13-14,18H,10-12H2,1-9H3. The summed E-state index contributed by atoms with van der Waals surface area (Å²) in [5, 5.41) is 10.5. The van der Waals surface area contributed by atoms with Gasteiger partial charge in [0.15, 0.2) is 6.29 Å². The first-order chi connectivity index (χ1) is 8.47. The van der Waals surface area contributed by atoms with Crippen LogP contribution in [0.25, 0.3) is 0 Å². The summed E-state index contributed by atoms with van der Waals surface area (Å²) >= 11 is 0. The van der Waals surface area contributed by atoms with Crippen molar-refractivity contribution in [2.75, 3.05) is 6.61 Å². The van der Waals surface area contributed by atoms with Gasteiger partial charge in [-0.25, -0.2) is 0 Å². The van der Waals surface area contributed by atoms with Gasteiger partial charge in [0, 0.05) is 12.5 Å². The number of ether oxygens (including phenoxy) is 1. The Bertz CT molecular complexity index is 266. The molecule has 0 rings (SSSR count). The number of aliphatic hydroxyl groups is 1. The molecule has 2 atom stereocenters. The molecule has 0 bridgehead atoms. The predicted molar refractivity (Wildman–Crippen MR) is 83.0 cm³/mol. The quantitative estimate of drug-likeness (QED) is 0.640. The van der Waals surface area contributed by atoms with E-state index in [0.29, 0.717) is 6.61 Å². The molecular formula is C17H36O2. The summed E-state index contributed by atoms with van der Waals surface area (Å²) in [4.78, 5) is 0. The lowest BCUT2D eigenvalue weighted by Crippen LogP contribution is -2.51. The van der Waals surface area contributed by atoms with E-state index in [1.165, 1.54) is 0 Å². The molecule has 2 unspecified atom stereocenters. The average Bonchev–Trinajstić information content (AvgIpc) is 2.28. The van der Waals surface area contributed by atoms with Crippen molar-refractivity contribution in [2.45, 2.75) is 81.4 Å². The van der Waals surface area contributed by atoms with Crippen molar-refractivity contribution in [3.05, 3.63) is 0 Å². The monoisotopic (exact) mass is 272 g/mol. The molecule has 2 heteroatoms. The topological polar surface area (TPSA) is 29.5 Å². The molecule has 1 N–H and O–H groups in total. The predicted octanol–water partition coefficient (Wildman–Crippen LogP) is 4.86. The lowest BCUT2D eigenvalue weighted by Gasteiger charge is -2.53. The molecule has 0 aromatic heterocycles. The third-order valence-corrected chi connectivity index (χ3v) is 5.78. The lowest BCUT2D eigenvalue weighted by molar-refractivity contribution is -0.207. The van der Waals surface area contributed by atoms with Crippen LogP contribution >= 0.6 is 0 Å². The minimum atomic E-state index is -0.694. The van der Waals surface area contributed by atoms with Gasteiger partial charge in [-0.1, -0.05) is 68.2 Å². The van der Waals surface area contributed by atoms with E-state index in [1.54, 1.807) is 0 Å². The van der Waals surface area contributed by atoms with Crippen LogP contribution in [0.1, 0.15) is 75.2 Å². The molecule has 0 aromatic rings. The van der Waals surface area contributed by atoms with Crippen LogP contribution in [-0.4, -0.2) is 18.0 Å². The molecule has 0 heterocycles. The van der Waals surface area contributed by atoms with Gasteiger partial charge in [-0.05, 0) is 23.2 Å². The van der Waals surface area contributed by atoms with Gasteiger partial charge in [-0.2, -0.15) is 0 Å². The van der Waals surface area contributed by atoms with Crippen LogP contribution in [0.4, 0.5) is 0 Å². The van der Waals surface area contributed by atoms with Crippen molar-refractivity contribution in [1.29, 1.82) is 0 Å². The second-order valence-electron chi connectivity index (χ2n) is 7.62. The highest BCUT2D eigenvalue weighted by atomic mass is 16.6. The zero-order chi connectivity index (χ0) is 15.5. The summed E-state index contributed by atoms with van der Waals surface area (Å²) in [6.07, 6.45) is 1.43. The van der Waals surface area contributed by atoms with Crippen molar-refractivity contribution in [2.24, 2.45) is 22.2 Å². The molecule has 0 saturated carbocycles. The minimum absolute atomic E-state index is 0.00412. The molecule has 2 nitrogen and oxygen atoms in total. The summed E-state index contributed by atoms with van der Waals surface area (Å²) in [6, 6.07) is 0. The van der Waals surface area contributed by atoms with Crippen molar-refractivity contribution < 1.29 is 9.84 Å². The van der Waals surface area contributed by atoms with Crippen LogP contribution in [0, 0.1) is 22.2 Å². The Hall–Kier alpha value is -0.0800. The molecule has 0 spiro atoms. The second-order valence-corrected chi connectivity index (χ2v) is 7.62. The van der Waals surface area contributed by atoms with E-state index < -0.39 is 6.29 Å². The normalized spacial score (nSPS) is 17.4. The number of rotatable bonds is 8. The fraction of sp³-hybridized carbons (Fsp3) is 1.00. The lowest BCUT2D eigenvalue weighted by atomic mass is 9.53. The Morgan fingerprint density at radius 2 is 1.37 bits per heavy atom. The fourth-order valence-corrected chi connectivity index (χ4v) is 3.08. The molecule has 0 aromatic carbocycles. The average molecular weight is 272 g/mol. The Kier molecular flexibility index (Phi) is 6.55. The van der Waals surface area contributed by atoms with E-state index in [4.69, 9.17) is 4.74 Å². The molecular weight excluding hydrogens is 236 g/mol. The largest absolute Gasteiger partial charge is 0.368 e. The molecule has 0 aliphatic carbocycles. The van der Waals surface area contributed by atoms with Crippen LogP contribution in [0.5, 0.6) is 0 Å². The molecule has 0 radical (unpaired) electrons. The van der Waals surface area contributed by atoms with Gasteiger partial charge in [0.25, 0.3) is 0 Å². The Morgan fingerprint density at radius 3 is 1.68 bits per heavy atom. The Balaban J connectivity index is 5.59. The summed E-state index contributed by atoms with van der Waals surface area (Å²) in [6.45, 7) is 20.6. The number of hydrogen-bond acceptors (Lipinski definition) is 2. The van der Waals surface area contributed by atoms with Gasteiger partial charge in [-0.3, -0.25) is 0 Å². The van der Waals surface area contributed by atoms with Crippen LogP contribution in [-0.2, 0) is 4.74 Å². The molecule has 0 aliphatic rings. The molecule has 116 valence electrons. The van der Waals surface area contributed by atoms with E-state index in [0.717, 1.165) is 12.8 Å². The van der Waals surface area contributed by atoms with Gasteiger partial charge in [0.1, 0.15) is 0 Å². The molecule has 19 heavy (non-hydrogen) atoms. The smallest absolute Gasteiger partial charge is 0.158 e. The van der Waals surface area contributed by atoms with Crippen molar-refractivity contribution in [3.8, 4) is 0 Å². The van der Waals surface area contributed by atoms with Gasteiger partial charge in [-0.15, -0.1) is 0 Å². The summed E-state index contributed by atoms with van der Waals surface area (Å²) in [5.41, 5.74) is 0.197. The highest BCUT2D eigenvalue weighted by molar-refractivity contribution is 4.97. The van der Waals surface area contributed by atoms with Gasteiger partial charge in [0.05, 0.1) is 0 Å². The second kappa shape index (κ2) is 6.58. The van der Waals surface area contributed by atoms with Crippen molar-refractivity contribution in [1.82, 2.24) is 0 Å². The highest BCUT2D eigenvalue weighted by Crippen LogP contribution is 2.54. The Labute approximate surface area is 120 Å². The summed E-state index contributed by atoms with van der Waals surface area (Å²) in [5.74, 6) is 0.111. The van der Waals surface area contributed by atoms with Crippen molar-refractivity contribution >= 4 is 0 Å². The maximum atomic E-state index is 10.5. The van der Waals surface area contributed by atoms with Gasteiger partial charge in [0.2, 0.25) is 0 Å². The maximum absolute atomic E-state index is 10.5. The van der Waals surface area contributed by atoms with Crippen LogP contribution < -0.4 is 0 Å². The molecule has 0 fully saturated rings. The first kappa shape index (κ1) is 18.9.